The van der Waals surface area contributed by atoms with Crippen LogP contribution in [0.3, 0.4) is 0 Å². The van der Waals surface area contributed by atoms with Crippen molar-refractivity contribution in [1.82, 2.24) is 0 Å². The third-order valence-corrected chi connectivity index (χ3v) is 1.59. The van der Waals surface area contributed by atoms with E-state index < -0.39 is 0 Å². The van der Waals surface area contributed by atoms with Crippen molar-refractivity contribution >= 4 is 5.78 Å². The molecule has 1 heteroatoms. The molecule has 0 bridgehead atoms. The van der Waals surface area contributed by atoms with Crippen LogP contribution in [0.5, 0.6) is 0 Å². The summed E-state index contributed by atoms with van der Waals surface area (Å²) in [5.41, 5.74) is 0. The van der Waals surface area contributed by atoms with E-state index >= 15 is 0 Å². The fourth-order valence-corrected chi connectivity index (χ4v) is 0.858. The van der Waals surface area contributed by atoms with Crippen LogP contribution in [-0.4, -0.2) is 5.78 Å². The average molecular weight is 126 g/mol. The minimum atomic E-state index is 0.181. The summed E-state index contributed by atoms with van der Waals surface area (Å²) < 4.78 is 0. The van der Waals surface area contributed by atoms with E-state index in [-0.39, 0.29) is 11.7 Å². The molecule has 0 atom stereocenters. The molecule has 0 aromatic heterocycles. The molecular weight excluding hydrogens is 112 g/mol. The molecule has 0 aliphatic rings. The van der Waals surface area contributed by atoms with Gasteiger partial charge in [-0.05, 0) is 18.9 Å². The van der Waals surface area contributed by atoms with Gasteiger partial charge in [0.2, 0.25) is 0 Å². The summed E-state index contributed by atoms with van der Waals surface area (Å²) in [7, 11) is 0. The minimum absolute atomic E-state index is 0.181. The van der Waals surface area contributed by atoms with Gasteiger partial charge in [-0.15, -0.1) is 0 Å². The lowest BCUT2D eigenvalue weighted by Gasteiger charge is -2.05. The standard InChI is InChI=1S/C8H14O/c1-4-7(5-2)8(9)6-3/h6-7H,3-5H2,1-2H3. The van der Waals surface area contributed by atoms with Crippen LogP contribution >= 0.6 is 0 Å². The van der Waals surface area contributed by atoms with Crippen LogP contribution < -0.4 is 0 Å². The average Bonchev–Trinajstić information content (AvgIpc) is 1.90. The fourth-order valence-electron chi connectivity index (χ4n) is 0.858. The zero-order chi connectivity index (χ0) is 7.28. The Morgan fingerprint density at radius 3 is 2.11 bits per heavy atom. The molecule has 0 heterocycles. The molecule has 0 aliphatic carbocycles. The summed E-state index contributed by atoms with van der Waals surface area (Å²) in [4.78, 5) is 10.9. The number of allylic oxidation sites excluding steroid dienone is 1. The lowest BCUT2D eigenvalue weighted by atomic mass is 9.98. The van der Waals surface area contributed by atoms with E-state index in [4.69, 9.17) is 0 Å². The molecule has 0 aromatic rings. The quantitative estimate of drug-likeness (QED) is 0.528. The van der Waals surface area contributed by atoms with Crippen LogP contribution in [0.4, 0.5) is 0 Å². The fraction of sp³-hybridized carbons (Fsp3) is 0.625. The van der Waals surface area contributed by atoms with E-state index in [0.29, 0.717) is 0 Å². The molecule has 0 aromatic carbocycles. The molecule has 0 rings (SSSR count). The summed E-state index contributed by atoms with van der Waals surface area (Å²) in [6, 6.07) is 0. The van der Waals surface area contributed by atoms with Gasteiger partial charge in [-0.25, -0.2) is 0 Å². The monoisotopic (exact) mass is 126 g/mol. The van der Waals surface area contributed by atoms with Gasteiger partial charge in [0.15, 0.2) is 5.78 Å². The molecule has 0 N–H and O–H groups in total. The zero-order valence-corrected chi connectivity index (χ0v) is 6.18. The highest BCUT2D eigenvalue weighted by Crippen LogP contribution is 2.08. The normalized spacial score (nSPS) is 9.67. The van der Waals surface area contributed by atoms with Gasteiger partial charge in [0, 0.05) is 5.92 Å². The van der Waals surface area contributed by atoms with Crippen molar-refractivity contribution in [3.63, 3.8) is 0 Å². The molecule has 1 nitrogen and oxygen atoms in total. The van der Waals surface area contributed by atoms with Gasteiger partial charge < -0.3 is 0 Å². The van der Waals surface area contributed by atoms with Crippen LogP contribution in [0.2, 0.25) is 0 Å². The van der Waals surface area contributed by atoms with Crippen molar-refractivity contribution in [3.05, 3.63) is 12.7 Å². The Labute approximate surface area is 56.8 Å². The van der Waals surface area contributed by atoms with Gasteiger partial charge in [0.25, 0.3) is 0 Å². The summed E-state index contributed by atoms with van der Waals surface area (Å²) in [6.45, 7) is 7.47. The van der Waals surface area contributed by atoms with Crippen LogP contribution in [0.25, 0.3) is 0 Å². The van der Waals surface area contributed by atoms with Gasteiger partial charge in [-0.2, -0.15) is 0 Å². The molecule has 0 spiro atoms. The highest BCUT2D eigenvalue weighted by Gasteiger charge is 2.08. The molecule has 0 amide bonds. The third-order valence-electron chi connectivity index (χ3n) is 1.59. The van der Waals surface area contributed by atoms with E-state index in [9.17, 15) is 4.79 Å². The molecule has 0 unspecified atom stereocenters. The molecule has 52 valence electrons. The van der Waals surface area contributed by atoms with Gasteiger partial charge >= 0.3 is 0 Å². The largest absolute Gasteiger partial charge is 0.295 e. The number of ketones is 1. The van der Waals surface area contributed by atoms with Crippen molar-refractivity contribution in [2.45, 2.75) is 26.7 Å². The maximum Gasteiger partial charge on any atom is 0.158 e. The van der Waals surface area contributed by atoms with E-state index in [1.54, 1.807) is 0 Å². The Kier molecular flexibility index (Phi) is 4.02. The van der Waals surface area contributed by atoms with E-state index in [2.05, 4.69) is 6.58 Å². The highest BCUT2D eigenvalue weighted by molar-refractivity contribution is 5.91. The van der Waals surface area contributed by atoms with Gasteiger partial charge in [0.05, 0.1) is 0 Å². The van der Waals surface area contributed by atoms with E-state index in [1.165, 1.54) is 6.08 Å². The molecule has 0 saturated heterocycles. The highest BCUT2D eigenvalue weighted by atomic mass is 16.1. The number of rotatable bonds is 4. The summed E-state index contributed by atoms with van der Waals surface area (Å²) in [5.74, 6) is 0.391. The summed E-state index contributed by atoms with van der Waals surface area (Å²) in [6.07, 6.45) is 3.28. The first kappa shape index (κ1) is 8.41. The minimum Gasteiger partial charge on any atom is -0.295 e. The van der Waals surface area contributed by atoms with Crippen molar-refractivity contribution in [2.75, 3.05) is 0 Å². The van der Waals surface area contributed by atoms with Crippen molar-refractivity contribution < 1.29 is 4.79 Å². The summed E-state index contributed by atoms with van der Waals surface area (Å²) in [5, 5.41) is 0. The van der Waals surface area contributed by atoms with Gasteiger partial charge in [-0.1, -0.05) is 20.4 Å². The first-order chi connectivity index (χ1) is 4.26. The predicted octanol–water partition coefficient (Wildman–Crippen LogP) is 2.18. The van der Waals surface area contributed by atoms with Gasteiger partial charge in [-0.3, -0.25) is 4.79 Å². The zero-order valence-electron chi connectivity index (χ0n) is 6.18. The van der Waals surface area contributed by atoms with Crippen molar-refractivity contribution in [2.24, 2.45) is 5.92 Å². The molecule has 0 aliphatic heterocycles. The van der Waals surface area contributed by atoms with E-state index in [0.717, 1.165) is 12.8 Å². The Hall–Kier alpha value is -0.590. The maximum atomic E-state index is 10.9. The molecule has 0 saturated carbocycles. The van der Waals surface area contributed by atoms with Crippen LogP contribution in [0.1, 0.15) is 26.7 Å². The predicted molar refractivity (Wildman–Crippen MR) is 39.3 cm³/mol. The topological polar surface area (TPSA) is 17.1 Å². The molecular formula is C8H14O. The van der Waals surface area contributed by atoms with E-state index in [1.807, 2.05) is 13.8 Å². The van der Waals surface area contributed by atoms with Gasteiger partial charge in [0.1, 0.15) is 0 Å². The van der Waals surface area contributed by atoms with Crippen LogP contribution in [-0.2, 0) is 4.79 Å². The second-order valence-corrected chi connectivity index (χ2v) is 2.12. The Morgan fingerprint density at radius 2 is 2.00 bits per heavy atom. The second kappa shape index (κ2) is 4.30. The van der Waals surface area contributed by atoms with Crippen LogP contribution in [0.15, 0.2) is 12.7 Å². The van der Waals surface area contributed by atoms with Crippen molar-refractivity contribution in [1.29, 1.82) is 0 Å². The maximum absolute atomic E-state index is 10.9. The first-order valence-electron chi connectivity index (χ1n) is 3.42. The Morgan fingerprint density at radius 1 is 1.56 bits per heavy atom. The number of hydrogen-bond donors (Lipinski definition) is 0. The van der Waals surface area contributed by atoms with Crippen molar-refractivity contribution in [3.8, 4) is 0 Å². The molecule has 0 fully saturated rings. The summed E-state index contributed by atoms with van der Waals surface area (Å²) >= 11 is 0. The van der Waals surface area contributed by atoms with Crippen LogP contribution in [0, 0.1) is 5.92 Å². The molecule has 9 heavy (non-hydrogen) atoms. The first-order valence-corrected chi connectivity index (χ1v) is 3.42. The number of carbonyl (C=O) groups is 1. The Balaban J connectivity index is 3.78. The number of hydrogen-bond acceptors (Lipinski definition) is 1. The lowest BCUT2D eigenvalue weighted by molar-refractivity contribution is -0.118. The Bertz CT molecular complexity index is 101. The second-order valence-electron chi connectivity index (χ2n) is 2.12. The number of carbonyl (C=O) groups excluding carboxylic acids is 1. The SMILES string of the molecule is C=CC(=O)C(CC)CC. The lowest BCUT2D eigenvalue weighted by Crippen LogP contribution is -2.08. The third kappa shape index (κ3) is 2.45. The molecule has 0 radical (unpaired) electrons. The smallest absolute Gasteiger partial charge is 0.158 e.